The van der Waals surface area contributed by atoms with Crippen LogP contribution in [-0.4, -0.2) is 25.8 Å². The molecule has 0 radical (unpaired) electrons. The van der Waals surface area contributed by atoms with Gasteiger partial charge in [-0.2, -0.15) is 0 Å². The van der Waals surface area contributed by atoms with E-state index in [0.717, 1.165) is 6.08 Å². The van der Waals surface area contributed by atoms with Gasteiger partial charge in [0, 0.05) is 6.08 Å². The van der Waals surface area contributed by atoms with Gasteiger partial charge in [-0.3, -0.25) is 0 Å². The van der Waals surface area contributed by atoms with Crippen molar-refractivity contribution in [2.75, 3.05) is 13.7 Å². The molecule has 0 aliphatic carbocycles. The standard InChI is InChI=1S/C8H12N2O4/c1-4-14-7(11)5-6(2)9-10-8(12)13-3/h5H,4H2,1-3H3. The summed E-state index contributed by atoms with van der Waals surface area (Å²) in [6.07, 6.45) is 0.317. The van der Waals surface area contributed by atoms with Crippen LogP contribution in [0.2, 0.25) is 0 Å². The van der Waals surface area contributed by atoms with Crippen LogP contribution in [-0.2, 0) is 14.3 Å². The minimum atomic E-state index is -0.818. The Kier molecular flexibility index (Phi) is 5.93. The van der Waals surface area contributed by atoms with Crippen molar-refractivity contribution in [3.63, 3.8) is 0 Å². The minimum absolute atomic E-state index is 0.272. The summed E-state index contributed by atoms with van der Waals surface area (Å²) in [6.45, 7) is 3.50. The van der Waals surface area contributed by atoms with Gasteiger partial charge in [-0.05, 0) is 13.8 Å². The fourth-order valence-corrected chi connectivity index (χ4v) is 0.544. The highest BCUT2D eigenvalue weighted by Gasteiger charge is 1.98. The Labute approximate surface area is 81.6 Å². The van der Waals surface area contributed by atoms with Crippen molar-refractivity contribution in [1.29, 1.82) is 0 Å². The second-order valence-electron chi connectivity index (χ2n) is 2.21. The molecule has 0 rings (SSSR count). The van der Waals surface area contributed by atoms with E-state index in [4.69, 9.17) is 0 Å². The van der Waals surface area contributed by atoms with E-state index in [-0.39, 0.29) is 12.3 Å². The number of hydrogen-bond donors (Lipinski definition) is 0. The first kappa shape index (κ1) is 12.3. The van der Waals surface area contributed by atoms with Crippen molar-refractivity contribution in [3.05, 3.63) is 11.8 Å². The normalized spacial score (nSPS) is 11.5. The summed E-state index contributed by atoms with van der Waals surface area (Å²) in [4.78, 5) is 21.4. The van der Waals surface area contributed by atoms with E-state index in [9.17, 15) is 9.59 Å². The highest BCUT2D eigenvalue weighted by atomic mass is 16.5. The maximum atomic E-state index is 10.9. The molecular formula is C8H12N2O4. The topological polar surface area (TPSA) is 77.3 Å². The van der Waals surface area contributed by atoms with Crippen LogP contribution in [0.4, 0.5) is 4.79 Å². The highest BCUT2D eigenvalue weighted by Crippen LogP contribution is 1.97. The number of azo groups is 1. The Morgan fingerprint density at radius 3 is 2.50 bits per heavy atom. The molecule has 1 amide bonds. The SMILES string of the molecule is CCOC(=O)C=C(C)N=NC(=O)OC. The smallest absolute Gasteiger partial charge is 0.452 e. The predicted molar refractivity (Wildman–Crippen MR) is 47.7 cm³/mol. The summed E-state index contributed by atoms with van der Waals surface area (Å²) >= 11 is 0. The van der Waals surface area contributed by atoms with Gasteiger partial charge < -0.3 is 9.47 Å². The maximum Gasteiger partial charge on any atom is 0.452 e. The van der Waals surface area contributed by atoms with Gasteiger partial charge in [0.2, 0.25) is 0 Å². The van der Waals surface area contributed by atoms with Gasteiger partial charge in [0.1, 0.15) is 0 Å². The number of methoxy groups -OCH3 is 1. The zero-order chi connectivity index (χ0) is 11.0. The third-order valence-electron chi connectivity index (χ3n) is 1.08. The van der Waals surface area contributed by atoms with E-state index < -0.39 is 12.1 Å². The van der Waals surface area contributed by atoms with Crippen LogP contribution in [0.15, 0.2) is 22.0 Å². The van der Waals surface area contributed by atoms with Crippen LogP contribution in [0.5, 0.6) is 0 Å². The fraction of sp³-hybridized carbons (Fsp3) is 0.500. The third kappa shape index (κ3) is 5.87. The van der Waals surface area contributed by atoms with Crippen LogP contribution < -0.4 is 0 Å². The van der Waals surface area contributed by atoms with Crippen molar-refractivity contribution in [2.45, 2.75) is 13.8 Å². The monoisotopic (exact) mass is 200 g/mol. The first-order chi connectivity index (χ1) is 6.60. The Morgan fingerprint density at radius 2 is 2.00 bits per heavy atom. The predicted octanol–water partition coefficient (Wildman–Crippen LogP) is 1.67. The number of ether oxygens (including phenoxy) is 2. The maximum absolute atomic E-state index is 10.9. The van der Waals surface area contributed by atoms with Crippen LogP contribution >= 0.6 is 0 Å². The number of amides is 1. The lowest BCUT2D eigenvalue weighted by Gasteiger charge is -1.95. The summed E-state index contributed by atoms with van der Waals surface area (Å²) < 4.78 is 8.82. The van der Waals surface area contributed by atoms with Crippen LogP contribution in [0.25, 0.3) is 0 Å². The molecule has 0 atom stereocenters. The molecule has 0 saturated carbocycles. The quantitative estimate of drug-likeness (QED) is 0.394. The van der Waals surface area contributed by atoms with E-state index in [1.165, 1.54) is 14.0 Å². The fourth-order valence-electron chi connectivity index (χ4n) is 0.544. The van der Waals surface area contributed by atoms with E-state index >= 15 is 0 Å². The molecule has 0 aliphatic rings. The number of hydrogen-bond acceptors (Lipinski definition) is 5. The third-order valence-corrected chi connectivity index (χ3v) is 1.08. The molecule has 0 aliphatic heterocycles. The average molecular weight is 200 g/mol. The van der Waals surface area contributed by atoms with E-state index in [2.05, 4.69) is 19.7 Å². The molecule has 0 fully saturated rings. The molecule has 6 heteroatoms. The number of allylic oxidation sites excluding steroid dienone is 1. The largest absolute Gasteiger partial charge is 0.463 e. The summed E-state index contributed by atoms with van der Waals surface area (Å²) in [6, 6.07) is 0. The minimum Gasteiger partial charge on any atom is -0.463 e. The molecule has 0 spiro atoms. The molecule has 0 N–H and O–H groups in total. The molecule has 6 nitrogen and oxygen atoms in total. The molecule has 0 heterocycles. The number of carbonyl (C=O) groups is 2. The molecule has 0 unspecified atom stereocenters. The van der Waals surface area contributed by atoms with Crippen molar-refractivity contribution in [2.24, 2.45) is 10.2 Å². The molecule has 0 aromatic rings. The summed E-state index contributed by atoms with van der Waals surface area (Å²) in [5.74, 6) is -0.520. The molecule has 0 bridgehead atoms. The lowest BCUT2D eigenvalue weighted by molar-refractivity contribution is -0.137. The number of esters is 1. The van der Waals surface area contributed by atoms with Crippen molar-refractivity contribution in [1.82, 2.24) is 0 Å². The van der Waals surface area contributed by atoms with E-state index in [1.807, 2.05) is 0 Å². The second-order valence-corrected chi connectivity index (χ2v) is 2.21. The van der Waals surface area contributed by atoms with E-state index in [0.29, 0.717) is 0 Å². The molecule has 0 saturated heterocycles. The Bertz CT molecular complexity index is 271. The van der Waals surface area contributed by atoms with Gasteiger partial charge in [0.15, 0.2) is 0 Å². The van der Waals surface area contributed by atoms with Crippen LogP contribution in [0, 0.1) is 0 Å². The second kappa shape index (κ2) is 6.76. The van der Waals surface area contributed by atoms with Gasteiger partial charge in [0.25, 0.3) is 0 Å². The molecule has 78 valence electrons. The zero-order valence-corrected chi connectivity index (χ0v) is 8.31. The average Bonchev–Trinajstić information content (AvgIpc) is 2.14. The summed E-state index contributed by atoms with van der Waals surface area (Å²) in [5, 5.41) is 6.57. The molecule has 0 aromatic carbocycles. The molecule has 14 heavy (non-hydrogen) atoms. The first-order valence-corrected chi connectivity index (χ1v) is 3.95. The van der Waals surface area contributed by atoms with E-state index in [1.54, 1.807) is 6.92 Å². The number of rotatable bonds is 3. The van der Waals surface area contributed by atoms with Crippen LogP contribution in [0.1, 0.15) is 13.8 Å². The van der Waals surface area contributed by atoms with Crippen molar-refractivity contribution >= 4 is 12.1 Å². The first-order valence-electron chi connectivity index (χ1n) is 3.95. The van der Waals surface area contributed by atoms with Gasteiger partial charge in [-0.15, -0.1) is 5.11 Å². The summed E-state index contributed by atoms with van der Waals surface area (Å²) in [7, 11) is 1.19. The Balaban J connectivity index is 4.18. The summed E-state index contributed by atoms with van der Waals surface area (Å²) in [5.41, 5.74) is 0.272. The Hall–Kier alpha value is -1.72. The van der Waals surface area contributed by atoms with Crippen LogP contribution in [0.3, 0.4) is 0 Å². The lowest BCUT2D eigenvalue weighted by Crippen LogP contribution is -1.99. The zero-order valence-electron chi connectivity index (χ0n) is 8.31. The Morgan fingerprint density at radius 1 is 1.36 bits per heavy atom. The van der Waals surface area contributed by atoms with Crippen molar-refractivity contribution < 1.29 is 19.1 Å². The molecular weight excluding hydrogens is 188 g/mol. The van der Waals surface area contributed by atoms with Gasteiger partial charge >= 0.3 is 12.1 Å². The van der Waals surface area contributed by atoms with Crippen molar-refractivity contribution in [3.8, 4) is 0 Å². The molecule has 0 aromatic heterocycles. The lowest BCUT2D eigenvalue weighted by atomic mass is 10.4. The van der Waals surface area contributed by atoms with Gasteiger partial charge in [-0.1, -0.05) is 5.11 Å². The van der Waals surface area contributed by atoms with Gasteiger partial charge in [0.05, 0.1) is 19.4 Å². The van der Waals surface area contributed by atoms with Gasteiger partial charge in [-0.25, -0.2) is 9.59 Å². The number of carbonyl (C=O) groups excluding carboxylic acids is 2. The number of nitrogens with zero attached hydrogens (tertiary/aromatic N) is 2. The highest BCUT2D eigenvalue weighted by molar-refractivity contribution is 5.82.